The van der Waals surface area contributed by atoms with Gasteiger partial charge in [-0.25, -0.2) is 0 Å². The van der Waals surface area contributed by atoms with Gasteiger partial charge in [-0.05, 0) is 63.6 Å². The van der Waals surface area contributed by atoms with E-state index < -0.39 is 0 Å². The van der Waals surface area contributed by atoms with Crippen LogP contribution in [-0.2, 0) is 12.8 Å². The van der Waals surface area contributed by atoms with Crippen molar-refractivity contribution in [3.8, 4) is 0 Å². The van der Waals surface area contributed by atoms with Gasteiger partial charge in [0.2, 0.25) is 0 Å². The minimum Gasteiger partial charge on any atom is -0.334 e. The van der Waals surface area contributed by atoms with Gasteiger partial charge >= 0.3 is 0 Å². The summed E-state index contributed by atoms with van der Waals surface area (Å²) in [5.41, 5.74) is 15.8. The highest BCUT2D eigenvalue weighted by molar-refractivity contribution is 7.00. The zero-order valence-corrected chi connectivity index (χ0v) is 20.5. The monoisotopic (exact) mass is 472 g/mol. The van der Waals surface area contributed by atoms with Crippen molar-refractivity contribution in [1.29, 1.82) is 0 Å². The third kappa shape index (κ3) is 2.52. The minimum absolute atomic E-state index is 0.271. The lowest BCUT2D eigenvalue weighted by Gasteiger charge is -2.44. The van der Waals surface area contributed by atoms with E-state index in [1.54, 1.807) is 0 Å². The van der Waals surface area contributed by atoms with Gasteiger partial charge in [-0.3, -0.25) is 0 Å². The van der Waals surface area contributed by atoms with Crippen molar-refractivity contribution in [1.82, 2.24) is 0 Å². The molecular weight excluding hydrogens is 447 g/mol. The van der Waals surface area contributed by atoms with Crippen LogP contribution in [-0.4, -0.2) is 6.71 Å². The molecule has 0 saturated carbocycles. The maximum Gasteiger partial charge on any atom is 0.252 e. The van der Waals surface area contributed by atoms with Crippen molar-refractivity contribution in [2.75, 3.05) is 9.80 Å². The van der Waals surface area contributed by atoms with Crippen LogP contribution < -0.4 is 26.2 Å². The fourth-order valence-corrected chi connectivity index (χ4v) is 7.71. The van der Waals surface area contributed by atoms with Crippen molar-refractivity contribution in [3.63, 3.8) is 0 Å². The lowest BCUT2D eigenvalue weighted by atomic mass is 9.33. The van der Waals surface area contributed by atoms with Gasteiger partial charge in [0.05, 0.1) is 12.1 Å². The van der Waals surface area contributed by atoms with E-state index in [2.05, 4.69) is 125 Å². The summed E-state index contributed by atoms with van der Waals surface area (Å²) in [6.07, 6.45) is 2.10. The van der Waals surface area contributed by atoms with Crippen molar-refractivity contribution in [2.45, 2.75) is 24.9 Å². The lowest BCUT2D eigenvalue weighted by Crippen LogP contribution is -2.61. The molecule has 2 nitrogen and oxygen atoms in total. The molecule has 5 aromatic rings. The quantitative estimate of drug-likeness (QED) is 0.304. The Balaban J connectivity index is 1.33. The van der Waals surface area contributed by atoms with E-state index in [1.807, 2.05) is 0 Å². The molecule has 3 heteroatoms. The molecule has 174 valence electrons. The van der Waals surface area contributed by atoms with E-state index in [-0.39, 0.29) is 6.71 Å². The second-order valence-electron chi connectivity index (χ2n) is 10.9. The fraction of sp³-hybridized carbons (Fsp3) is 0.118. The van der Waals surface area contributed by atoms with Gasteiger partial charge in [0.25, 0.3) is 6.71 Å². The summed E-state index contributed by atoms with van der Waals surface area (Å²) >= 11 is 0. The molecule has 4 aliphatic rings. The molecule has 37 heavy (non-hydrogen) atoms. The van der Waals surface area contributed by atoms with E-state index >= 15 is 0 Å². The van der Waals surface area contributed by atoms with Crippen molar-refractivity contribution in [2.24, 2.45) is 0 Å². The van der Waals surface area contributed by atoms with Gasteiger partial charge in [-0.15, -0.1) is 0 Å². The van der Waals surface area contributed by atoms with Crippen LogP contribution in [0.2, 0.25) is 0 Å². The predicted molar refractivity (Wildman–Crippen MR) is 154 cm³/mol. The van der Waals surface area contributed by atoms with Gasteiger partial charge in [0, 0.05) is 22.7 Å². The molecular formula is C34H25BN2. The zero-order chi connectivity index (χ0) is 24.1. The average molecular weight is 472 g/mol. The summed E-state index contributed by atoms with van der Waals surface area (Å²) < 4.78 is 0. The lowest BCUT2D eigenvalue weighted by molar-refractivity contribution is 0.738. The maximum absolute atomic E-state index is 2.66. The molecule has 2 atom stereocenters. The first-order valence-corrected chi connectivity index (χ1v) is 13.4. The molecule has 0 aliphatic carbocycles. The van der Waals surface area contributed by atoms with Gasteiger partial charge < -0.3 is 9.80 Å². The normalized spacial score (nSPS) is 19.5. The first-order valence-electron chi connectivity index (χ1n) is 13.4. The molecule has 0 bridgehead atoms. The van der Waals surface area contributed by atoms with Crippen LogP contribution in [0.15, 0.2) is 115 Å². The topological polar surface area (TPSA) is 6.48 Å². The Morgan fingerprint density at radius 1 is 0.486 bits per heavy atom. The molecule has 0 fully saturated rings. The van der Waals surface area contributed by atoms with E-state index in [0.29, 0.717) is 12.1 Å². The number of fused-ring (bicyclic) bond motifs is 4. The molecule has 9 rings (SSSR count). The number of benzene rings is 5. The molecule has 2 unspecified atom stereocenters. The summed E-state index contributed by atoms with van der Waals surface area (Å²) in [6.45, 7) is 0.271. The number of anilines is 4. The molecule has 4 aliphatic heterocycles. The van der Waals surface area contributed by atoms with Crippen LogP contribution in [0, 0.1) is 0 Å². The van der Waals surface area contributed by atoms with E-state index in [1.165, 1.54) is 61.4 Å². The third-order valence-corrected chi connectivity index (χ3v) is 9.09. The summed E-state index contributed by atoms with van der Waals surface area (Å²) in [5.74, 6) is 0. The third-order valence-electron chi connectivity index (χ3n) is 9.09. The van der Waals surface area contributed by atoms with Gasteiger partial charge in [0.1, 0.15) is 0 Å². The summed E-state index contributed by atoms with van der Waals surface area (Å²) in [6, 6.07) is 43.9. The van der Waals surface area contributed by atoms with Crippen molar-refractivity contribution in [3.05, 3.63) is 138 Å². The van der Waals surface area contributed by atoms with Crippen LogP contribution >= 0.6 is 0 Å². The largest absolute Gasteiger partial charge is 0.334 e. The molecule has 0 spiro atoms. The van der Waals surface area contributed by atoms with Crippen molar-refractivity contribution < 1.29 is 0 Å². The highest BCUT2D eigenvalue weighted by atomic mass is 15.2. The minimum atomic E-state index is 0.271. The smallest absolute Gasteiger partial charge is 0.252 e. The zero-order valence-electron chi connectivity index (χ0n) is 20.5. The fourth-order valence-electron chi connectivity index (χ4n) is 7.71. The molecule has 0 aromatic heterocycles. The molecule has 0 saturated heterocycles. The second-order valence-corrected chi connectivity index (χ2v) is 10.9. The predicted octanol–water partition coefficient (Wildman–Crippen LogP) is 5.70. The number of rotatable bonds is 2. The Morgan fingerprint density at radius 2 is 0.946 bits per heavy atom. The van der Waals surface area contributed by atoms with E-state index in [9.17, 15) is 0 Å². The van der Waals surface area contributed by atoms with E-state index in [4.69, 9.17) is 0 Å². The molecule has 0 radical (unpaired) electrons. The van der Waals surface area contributed by atoms with Gasteiger partial charge in [0.15, 0.2) is 0 Å². The number of hydrogen-bond acceptors (Lipinski definition) is 2. The maximum atomic E-state index is 2.66. The Labute approximate surface area is 217 Å². The molecule has 0 amide bonds. The summed E-state index contributed by atoms with van der Waals surface area (Å²) in [5, 5.41) is 0. The summed E-state index contributed by atoms with van der Waals surface area (Å²) in [4.78, 5) is 5.33. The SMILES string of the molecule is c1ccc(C2Cc3cccc4c3N2c2cccc3c2B4c2cccc4c2N3C(c2ccccc2)C4)cc1. The molecule has 0 N–H and O–H groups in total. The van der Waals surface area contributed by atoms with Gasteiger partial charge in [-0.2, -0.15) is 0 Å². The van der Waals surface area contributed by atoms with Crippen molar-refractivity contribution >= 4 is 45.9 Å². The van der Waals surface area contributed by atoms with Gasteiger partial charge in [-0.1, -0.05) is 103 Å². The Morgan fingerprint density at radius 3 is 1.43 bits per heavy atom. The molecule has 5 aromatic carbocycles. The first kappa shape index (κ1) is 19.9. The Hall–Kier alpha value is -4.24. The average Bonchev–Trinajstić information content (AvgIpc) is 3.55. The Bertz CT molecular complexity index is 1590. The number of hydrogen-bond donors (Lipinski definition) is 0. The van der Waals surface area contributed by atoms with Crippen LogP contribution in [0.25, 0.3) is 0 Å². The van der Waals surface area contributed by atoms with Crippen LogP contribution in [0.3, 0.4) is 0 Å². The molecule has 4 heterocycles. The standard InChI is InChI=1S/C34H25BN2/c1-3-10-22(11-4-1)30-20-24-14-7-16-26-33(24)36(30)28-18-9-19-29-32(28)35(26)27-17-8-15-25-21-31(37(29)34(25)27)23-12-5-2-6-13-23/h1-19,30-31H,20-21H2. The van der Waals surface area contributed by atoms with Crippen LogP contribution in [0.4, 0.5) is 22.7 Å². The first-order chi connectivity index (χ1) is 18.4. The highest BCUT2D eigenvalue weighted by Crippen LogP contribution is 2.51. The summed E-state index contributed by atoms with van der Waals surface area (Å²) in [7, 11) is 0. The van der Waals surface area contributed by atoms with Crippen LogP contribution in [0.1, 0.15) is 34.3 Å². The highest BCUT2D eigenvalue weighted by Gasteiger charge is 2.49. The number of para-hydroxylation sites is 2. The van der Waals surface area contributed by atoms with E-state index in [0.717, 1.165) is 12.8 Å². The second kappa shape index (κ2) is 7.17. The van der Waals surface area contributed by atoms with Crippen LogP contribution in [0.5, 0.6) is 0 Å². The Kier molecular flexibility index (Phi) is 3.85. The number of nitrogens with zero attached hydrogens (tertiary/aromatic N) is 2.